The topological polar surface area (TPSA) is 43.4 Å². The van der Waals surface area contributed by atoms with Crippen molar-refractivity contribution in [3.63, 3.8) is 0 Å². The molecule has 0 heterocycles. The number of esters is 1. The highest BCUT2D eigenvalue weighted by Crippen LogP contribution is 2.20. The van der Waals surface area contributed by atoms with Gasteiger partial charge in [0.05, 0.1) is 13.0 Å². The minimum absolute atomic E-state index is 0.0663. The van der Waals surface area contributed by atoms with Crippen molar-refractivity contribution in [2.24, 2.45) is 0 Å². The molecule has 0 aliphatic rings. The van der Waals surface area contributed by atoms with Gasteiger partial charge in [-0.25, -0.2) is 4.39 Å². The zero-order valence-corrected chi connectivity index (χ0v) is 10.2. The second kappa shape index (κ2) is 5.75. The smallest absolute Gasteiger partial charge is 0.310 e. The second-order valence-electron chi connectivity index (χ2n) is 3.06. The summed E-state index contributed by atoms with van der Waals surface area (Å²) < 4.78 is 18.7. The zero-order chi connectivity index (χ0) is 12.1. The molecular weight excluding hydrogens is 279 g/mol. The lowest BCUT2D eigenvalue weighted by Gasteiger charge is -2.06. The molecule has 1 rings (SSSR count). The molecule has 0 fully saturated rings. The lowest BCUT2D eigenvalue weighted by Crippen LogP contribution is -2.11. The second-order valence-corrected chi connectivity index (χ2v) is 3.97. The van der Waals surface area contributed by atoms with Gasteiger partial charge < -0.3 is 4.74 Å². The average molecular weight is 289 g/mol. The van der Waals surface area contributed by atoms with E-state index in [4.69, 9.17) is 4.74 Å². The molecule has 86 valence electrons. The van der Waals surface area contributed by atoms with Crippen LogP contribution in [0.25, 0.3) is 0 Å². The van der Waals surface area contributed by atoms with Gasteiger partial charge in [-0.1, -0.05) is 15.9 Å². The maximum Gasteiger partial charge on any atom is 0.310 e. The van der Waals surface area contributed by atoms with E-state index in [1.165, 1.54) is 12.1 Å². The highest BCUT2D eigenvalue weighted by atomic mass is 79.9. The van der Waals surface area contributed by atoms with Crippen molar-refractivity contribution in [2.75, 3.05) is 6.61 Å². The predicted octanol–water partition coefficient (Wildman–Crippen LogP) is 2.51. The van der Waals surface area contributed by atoms with Gasteiger partial charge in [0.25, 0.3) is 0 Å². The Labute approximate surface area is 101 Å². The lowest BCUT2D eigenvalue weighted by molar-refractivity contribution is -0.142. The summed E-state index contributed by atoms with van der Waals surface area (Å²) in [6, 6.07) is 2.67. The molecule has 0 N–H and O–H groups in total. The molecule has 5 heteroatoms. The molecule has 1 aromatic carbocycles. The highest BCUT2D eigenvalue weighted by molar-refractivity contribution is 9.10. The number of carbonyl (C=O) groups excluding carboxylic acids is 2. The zero-order valence-electron chi connectivity index (χ0n) is 8.63. The molecule has 0 amide bonds. The monoisotopic (exact) mass is 288 g/mol. The summed E-state index contributed by atoms with van der Waals surface area (Å²) in [6.07, 6.45) is 0.281. The van der Waals surface area contributed by atoms with Crippen molar-refractivity contribution >= 4 is 28.2 Å². The third kappa shape index (κ3) is 3.13. The highest BCUT2D eigenvalue weighted by Gasteiger charge is 2.14. The van der Waals surface area contributed by atoms with Crippen molar-refractivity contribution in [3.05, 3.63) is 33.5 Å². The first kappa shape index (κ1) is 12.8. The minimum atomic E-state index is -0.593. The van der Waals surface area contributed by atoms with Crippen molar-refractivity contribution in [1.82, 2.24) is 0 Å². The third-order valence-corrected chi connectivity index (χ3v) is 2.41. The Kier molecular flexibility index (Phi) is 4.61. The quantitative estimate of drug-likeness (QED) is 0.632. The van der Waals surface area contributed by atoms with E-state index in [0.29, 0.717) is 10.8 Å². The summed E-state index contributed by atoms with van der Waals surface area (Å²) in [5.41, 5.74) is 0.219. The molecule has 0 unspecified atom stereocenters. The Hall–Kier alpha value is -1.23. The van der Waals surface area contributed by atoms with Gasteiger partial charge in [0.15, 0.2) is 0 Å². The number of halogens is 2. The van der Waals surface area contributed by atoms with Gasteiger partial charge in [0, 0.05) is 15.6 Å². The molecule has 3 nitrogen and oxygen atoms in total. The molecule has 0 spiro atoms. The number of benzene rings is 1. The van der Waals surface area contributed by atoms with Gasteiger partial charge in [-0.15, -0.1) is 0 Å². The molecule has 0 bridgehead atoms. The summed E-state index contributed by atoms with van der Waals surface area (Å²) in [5.74, 6) is -1.14. The van der Waals surface area contributed by atoms with Crippen molar-refractivity contribution in [1.29, 1.82) is 0 Å². The SMILES string of the molecule is CCOC(=O)Cc1c(F)cc(Br)cc1C=O. The summed E-state index contributed by atoms with van der Waals surface area (Å²) >= 11 is 3.07. The summed E-state index contributed by atoms with van der Waals surface area (Å²) in [7, 11) is 0. The number of carbonyl (C=O) groups is 2. The largest absolute Gasteiger partial charge is 0.466 e. The molecule has 16 heavy (non-hydrogen) atoms. The van der Waals surface area contributed by atoms with Gasteiger partial charge >= 0.3 is 5.97 Å². The van der Waals surface area contributed by atoms with Crippen molar-refractivity contribution < 1.29 is 18.7 Å². The molecule has 0 aliphatic carbocycles. The number of ether oxygens (including phenoxy) is 1. The number of hydrogen-bond donors (Lipinski definition) is 0. The van der Waals surface area contributed by atoms with Crippen molar-refractivity contribution in [2.45, 2.75) is 13.3 Å². The van der Waals surface area contributed by atoms with Gasteiger partial charge in [-0.2, -0.15) is 0 Å². The molecule has 0 atom stereocenters. The van der Waals surface area contributed by atoms with Crippen LogP contribution in [0.2, 0.25) is 0 Å². The summed E-state index contributed by atoms with van der Waals surface area (Å²) in [5, 5.41) is 0. The molecule has 0 aliphatic heterocycles. The van der Waals surface area contributed by atoms with E-state index in [-0.39, 0.29) is 24.2 Å². The first-order valence-electron chi connectivity index (χ1n) is 4.67. The molecule has 0 aromatic heterocycles. The number of aldehydes is 1. The van der Waals surface area contributed by atoms with Crippen LogP contribution in [0.1, 0.15) is 22.8 Å². The molecule has 1 aromatic rings. The van der Waals surface area contributed by atoms with E-state index in [9.17, 15) is 14.0 Å². The molecule has 0 saturated heterocycles. The normalized spacial score (nSPS) is 9.94. The van der Waals surface area contributed by atoms with Crippen LogP contribution < -0.4 is 0 Å². The van der Waals surface area contributed by atoms with Gasteiger partial charge in [-0.05, 0) is 19.1 Å². The Morgan fingerprint density at radius 3 is 2.81 bits per heavy atom. The van der Waals surface area contributed by atoms with E-state index < -0.39 is 11.8 Å². The van der Waals surface area contributed by atoms with Crippen LogP contribution in [0.5, 0.6) is 0 Å². The number of rotatable bonds is 4. The Morgan fingerprint density at radius 2 is 2.25 bits per heavy atom. The van der Waals surface area contributed by atoms with Gasteiger partial charge in [0.2, 0.25) is 0 Å². The lowest BCUT2D eigenvalue weighted by atomic mass is 10.1. The van der Waals surface area contributed by atoms with Crippen LogP contribution in [0.15, 0.2) is 16.6 Å². The van der Waals surface area contributed by atoms with Crippen LogP contribution in [0.4, 0.5) is 4.39 Å². The van der Waals surface area contributed by atoms with Crippen LogP contribution in [-0.2, 0) is 16.0 Å². The molecule has 0 radical (unpaired) electrons. The standard InChI is InChI=1S/C11H10BrFO3/c1-2-16-11(15)5-9-7(6-14)3-8(12)4-10(9)13/h3-4,6H,2,5H2,1H3. The molecule has 0 saturated carbocycles. The first-order chi connectivity index (χ1) is 7.58. The van der Waals surface area contributed by atoms with E-state index in [0.717, 1.165) is 0 Å². The Balaban J connectivity index is 3.02. The average Bonchev–Trinajstić information content (AvgIpc) is 2.22. The van der Waals surface area contributed by atoms with Gasteiger partial charge in [0.1, 0.15) is 12.1 Å². The molecular formula is C11H10BrFO3. The van der Waals surface area contributed by atoms with Crippen molar-refractivity contribution in [3.8, 4) is 0 Å². The van der Waals surface area contributed by atoms with E-state index in [1.807, 2.05) is 0 Å². The van der Waals surface area contributed by atoms with E-state index in [2.05, 4.69) is 15.9 Å². The fourth-order valence-corrected chi connectivity index (χ4v) is 1.72. The summed E-state index contributed by atoms with van der Waals surface area (Å²) in [4.78, 5) is 21.9. The van der Waals surface area contributed by atoms with Crippen LogP contribution >= 0.6 is 15.9 Å². The summed E-state index contributed by atoms with van der Waals surface area (Å²) in [6.45, 7) is 1.89. The van der Waals surface area contributed by atoms with Crippen LogP contribution in [0.3, 0.4) is 0 Å². The maximum atomic E-state index is 13.5. The van der Waals surface area contributed by atoms with Crippen LogP contribution in [-0.4, -0.2) is 18.9 Å². The maximum absolute atomic E-state index is 13.5. The van der Waals surface area contributed by atoms with Crippen LogP contribution in [0, 0.1) is 5.82 Å². The fourth-order valence-electron chi connectivity index (χ4n) is 1.27. The fraction of sp³-hybridized carbons (Fsp3) is 0.273. The Bertz CT molecular complexity index is 418. The first-order valence-corrected chi connectivity index (χ1v) is 5.46. The van der Waals surface area contributed by atoms with E-state index in [1.54, 1.807) is 6.92 Å². The third-order valence-electron chi connectivity index (χ3n) is 1.95. The number of hydrogen-bond acceptors (Lipinski definition) is 3. The van der Waals surface area contributed by atoms with Gasteiger partial charge in [-0.3, -0.25) is 9.59 Å². The predicted molar refractivity (Wildman–Crippen MR) is 59.8 cm³/mol. The minimum Gasteiger partial charge on any atom is -0.466 e. The van der Waals surface area contributed by atoms with E-state index >= 15 is 0 Å². The Morgan fingerprint density at radius 1 is 1.56 bits per heavy atom.